The van der Waals surface area contributed by atoms with Crippen LogP contribution in [0.2, 0.25) is 0 Å². The fourth-order valence-corrected chi connectivity index (χ4v) is 0.980. The second-order valence-electron chi connectivity index (χ2n) is 2.89. The molecule has 1 N–H and O–H groups in total. The fourth-order valence-electron chi connectivity index (χ4n) is 0.980. The summed E-state index contributed by atoms with van der Waals surface area (Å²) in [5.41, 5.74) is 1.11. The number of nitrogens with zero attached hydrogens (tertiary/aromatic N) is 2. The summed E-state index contributed by atoms with van der Waals surface area (Å²) < 4.78 is 12.9. The van der Waals surface area contributed by atoms with Crippen LogP contribution in [0.3, 0.4) is 0 Å². The van der Waals surface area contributed by atoms with Crippen molar-refractivity contribution in [1.29, 1.82) is 10.5 Å². The van der Waals surface area contributed by atoms with E-state index in [1.165, 1.54) is 18.3 Å². The summed E-state index contributed by atoms with van der Waals surface area (Å²) >= 11 is 0. The van der Waals surface area contributed by atoms with Crippen molar-refractivity contribution in [1.82, 2.24) is 0 Å². The topological polar surface area (TPSA) is 59.6 Å². The molecule has 0 fully saturated rings. The Morgan fingerprint density at radius 1 is 1.40 bits per heavy atom. The third-order valence-electron chi connectivity index (χ3n) is 1.78. The molecule has 4 heteroatoms. The standard InChI is InChI=1S/C11H8FN3/c1-8-4-10(2-3-11(8)12)15-7-9(5-13)6-14/h2-4,7,15H,1H3. The molecule has 0 amide bonds. The zero-order valence-corrected chi connectivity index (χ0v) is 8.08. The van der Waals surface area contributed by atoms with Gasteiger partial charge in [-0.2, -0.15) is 10.5 Å². The summed E-state index contributed by atoms with van der Waals surface area (Å²) in [5.74, 6) is -0.287. The zero-order valence-electron chi connectivity index (χ0n) is 8.08. The summed E-state index contributed by atoms with van der Waals surface area (Å²) in [6, 6.07) is 7.87. The predicted octanol–water partition coefficient (Wildman–Crippen LogP) is 2.48. The monoisotopic (exact) mass is 201 g/mol. The van der Waals surface area contributed by atoms with Gasteiger partial charge in [0, 0.05) is 11.9 Å². The molecule has 3 nitrogen and oxygen atoms in total. The van der Waals surface area contributed by atoms with Gasteiger partial charge in [0.1, 0.15) is 23.5 Å². The zero-order chi connectivity index (χ0) is 11.3. The molecule has 0 bridgehead atoms. The van der Waals surface area contributed by atoms with Crippen molar-refractivity contribution in [2.24, 2.45) is 0 Å². The minimum atomic E-state index is -0.287. The van der Waals surface area contributed by atoms with E-state index in [-0.39, 0.29) is 11.4 Å². The first-order valence-electron chi connectivity index (χ1n) is 4.20. The molecule has 0 saturated carbocycles. The highest BCUT2D eigenvalue weighted by Gasteiger charge is 1.97. The molecule has 1 aromatic carbocycles. The van der Waals surface area contributed by atoms with Crippen molar-refractivity contribution in [3.8, 4) is 12.1 Å². The number of nitrogens with one attached hydrogen (secondary N) is 1. The Labute approximate surface area is 87.1 Å². The van der Waals surface area contributed by atoms with Crippen molar-refractivity contribution < 1.29 is 4.39 Å². The van der Waals surface area contributed by atoms with Gasteiger partial charge >= 0.3 is 0 Å². The van der Waals surface area contributed by atoms with Crippen LogP contribution < -0.4 is 5.32 Å². The highest BCUT2D eigenvalue weighted by molar-refractivity contribution is 5.50. The second kappa shape index (κ2) is 4.78. The molecule has 0 saturated heterocycles. The molecule has 15 heavy (non-hydrogen) atoms. The second-order valence-corrected chi connectivity index (χ2v) is 2.89. The Balaban J connectivity index is 2.84. The molecule has 0 aromatic heterocycles. The molecule has 1 aromatic rings. The van der Waals surface area contributed by atoms with E-state index in [2.05, 4.69) is 5.32 Å². The summed E-state index contributed by atoms with van der Waals surface area (Å²) in [7, 11) is 0. The third kappa shape index (κ3) is 2.82. The maximum Gasteiger partial charge on any atom is 0.145 e. The van der Waals surface area contributed by atoms with Crippen LogP contribution in [0.25, 0.3) is 0 Å². The summed E-state index contributed by atoms with van der Waals surface area (Å²) in [4.78, 5) is 0. The largest absolute Gasteiger partial charge is 0.360 e. The average Bonchev–Trinajstić information content (AvgIpc) is 2.24. The van der Waals surface area contributed by atoms with Crippen molar-refractivity contribution in [3.63, 3.8) is 0 Å². The highest BCUT2D eigenvalue weighted by Crippen LogP contribution is 2.13. The molecule has 0 heterocycles. The lowest BCUT2D eigenvalue weighted by molar-refractivity contribution is 0.619. The SMILES string of the molecule is Cc1cc(NC=C(C#N)C#N)ccc1F. The van der Waals surface area contributed by atoms with Crippen molar-refractivity contribution in [2.45, 2.75) is 6.92 Å². The normalized spacial score (nSPS) is 8.53. The van der Waals surface area contributed by atoms with Gasteiger partial charge in [-0.3, -0.25) is 0 Å². The van der Waals surface area contributed by atoms with Gasteiger partial charge in [0.2, 0.25) is 0 Å². The number of aryl methyl sites for hydroxylation is 1. The Morgan fingerprint density at radius 2 is 2.07 bits per heavy atom. The first-order valence-corrected chi connectivity index (χ1v) is 4.20. The van der Waals surface area contributed by atoms with Gasteiger partial charge < -0.3 is 5.32 Å². The van der Waals surface area contributed by atoms with E-state index in [9.17, 15) is 4.39 Å². The van der Waals surface area contributed by atoms with Crippen LogP contribution in [0.15, 0.2) is 30.0 Å². The number of hydrogen-bond acceptors (Lipinski definition) is 3. The molecular weight excluding hydrogens is 193 g/mol. The molecule has 0 unspecified atom stereocenters. The maximum absolute atomic E-state index is 12.9. The Kier molecular flexibility index (Phi) is 3.43. The molecule has 0 spiro atoms. The van der Waals surface area contributed by atoms with Crippen molar-refractivity contribution in [3.05, 3.63) is 41.4 Å². The molecule has 0 radical (unpaired) electrons. The van der Waals surface area contributed by atoms with Crippen LogP contribution in [0.1, 0.15) is 5.56 Å². The van der Waals surface area contributed by atoms with Gasteiger partial charge in [-0.05, 0) is 30.7 Å². The van der Waals surface area contributed by atoms with E-state index < -0.39 is 0 Å². The van der Waals surface area contributed by atoms with Crippen LogP contribution in [0.4, 0.5) is 10.1 Å². The lowest BCUT2D eigenvalue weighted by Gasteiger charge is -2.02. The van der Waals surface area contributed by atoms with E-state index in [0.717, 1.165) is 0 Å². The van der Waals surface area contributed by atoms with Gasteiger partial charge in [-0.1, -0.05) is 0 Å². The fraction of sp³-hybridized carbons (Fsp3) is 0.0909. The molecule has 1 rings (SSSR count). The van der Waals surface area contributed by atoms with Crippen LogP contribution in [-0.2, 0) is 0 Å². The van der Waals surface area contributed by atoms with Gasteiger partial charge in [-0.25, -0.2) is 4.39 Å². The first kappa shape index (κ1) is 10.7. The lowest BCUT2D eigenvalue weighted by atomic mass is 10.2. The smallest absolute Gasteiger partial charge is 0.145 e. The summed E-state index contributed by atoms with van der Waals surface area (Å²) in [5, 5.41) is 19.7. The van der Waals surface area contributed by atoms with Gasteiger partial charge in [0.15, 0.2) is 0 Å². The molecule has 0 aliphatic heterocycles. The maximum atomic E-state index is 12.9. The third-order valence-corrected chi connectivity index (χ3v) is 1.78. The Bertz CT molecular complexity index is 462. The number of hydrogen-bond donors (Lipinski definition) is 1. The Morgan fingerprint density at radius 3 is 2.60 bits per heavy atom. The van der Waals surface area contributed by atoms with Crippen molar-refractivity contribution in [2.75, 3.05) is 5.32 Å². The van der Waals surface area contributed by atoms with Crippen LogP contribution >= 0.6 is 0 Å². The lowest BCUT2D eigenvalue weighted by Crippen LogP contribution is -1.91. The summed E-state index contributed by atoms with van der Waals surface area (Å²) in [6.07, 6.45) is 1.28. The summed E-state index contributed by atoms with van der Waals surface area (Å²) in [6.45, 7) is 1.64. The van der Waals surface area contributed by atoms with E-state index >= 15 is 0 Å². The highest BCUT2D eigenvalue weighted by atomic mass is 19.1. The minimum absolute atomic E-state index is 0.0306. The van der Waals surface area contributed by atoms with Gasteiger partial charge in [0.05, 0.1) is 0 Å². The average molecular weight is 201 g/mol. The van der Waals surface area contributed by atoms with Crippen LogP contribution in [0.5, 0.6) is 0 Å². The number of benzene rings is 1. The number of rotatable bonds is 2. The molecule has 74 valence electrons. The van der Waals surface area contributed by atoms with Crippen LogP contribution in [0, 0.1) is 35.4 Å². The first-order chi connectivity index (χ1) is 7.17. The van der Waals surface area contributed by atoms with E-state index in [1.54, 1.807) is 25.1 Å². The number of allylic oxidation sites excluding steroid dienone is 1. The molecule has 0 atom stereocenters. The van der Waals surface area contributed by atoms with E-state index in [4.69, 9.17) is 10.5 Å². The number of nitriles is 2. The van der Waals surface area contributed by atoms with Crippen molar-refractivity contribution >= 4 is 5.69 Å². The van der Waals surface area contributed by atoms with Crippen LogP contribution in [-0.4, -0.2) is 0 Å². The number of halogens is 1. The molecule has 0 aliphatic carbocycles. The molecule has 0 aliphatic rings. The number of anilines is 1. The van der Waals surface area contributed by atoms with E-state index in [0.29, 0.717) is 11.3 Å². The molecular formula is C11H8FN3. The predicted molar refractivity (Wildman–Crippen MR) is 54.1 cm³/mol. The van der Waals surface area contributed by atoms with Gasteiger partial charge in [0.25, 0.3) is 0 Å². The van der Waals surface area contributed by atoms with E-state index in [1.807, 2.05) is 0 Å². The quantitative estimate of drug-likeness (QED) is 0.747. The Hall–Kier alpha value is -2.33. The minimum Gasteiger partial charge on any atom is -0.360 e. The van der Waals surface area contributed by atoms with Gasteiger partial charge in [-0.15, -0.1) is 0 Å².